The van der Waals surface area contributed by atoms with E-state index in [0.717, 1.165) is 0 Å². The van der Waals surface area contributed by atoms with Crippen LogP contribution in [0.2, 0.25) is 5.02 Å². The number of aryl methyl sites for hydroxylation is 1. The van der Waals surface area contributed by atoms with E-state index in [4.69, 9.17) is 22.1 Å². The molecule has 0 radical (unpaired) electrons. The maximum Gasteiger partial charge on any atom is 0.418 e. The molecule has 1 atom stereocenters. The van der Waals surface area contributed by atoms with E-state index in [1.54, 1.807) is 17.9 Å². The second kappa shape index (κ2) is 9.44. The maximum atomic E-state index is 14.1. The smallest absolute Gasteiger partial charge is 0.418 e. The van der Waals surface area contributed by atoms with E-state index in [0.29, 0.717) is 37.3 Å². The summed E-state index contributed by atoms with van der Waals surface area (Å²) in [4.78, 5) is 20.0. The third kappa shape index (κ3) is 4.68. The fraction of sp³-hybridized carbons (Fsp3) is 0.360. The van der Waals surface area contributed by atoms with Crippen molar-refractivity contribution < 1.29 is 22.7 Å². The predicted molar refractivity (Wildman–Crippen MR) is 128 cm³/mol. The van der Waals surface area contributed by atoms with E-state index in [-0.39, 0.29) is 52.0 Å². The number of aromatic nitrogens is 1. The zero-order chi connectivity index (χ0) is 25.5. The highest BCUT2D eigenvalue weighted by Crippen LogP contribution is 2.46. The van der Waals surface area contributed by atoms with Crippen LogP contribution in [0.25, 0.3) is 11.3 Å². The molecule has 2 N–H and O–H groups in total. The third-order valence-electron chi connectivity index (χ3n) is 6.20. The molecule has 184 valence electrons. The van der Waals surface area contributed by atoms with E-state index >= 15 is 0 Å². The van der Waals surface area contributed by atoms with Crippen LogP contribution < -0.4 is 10.5 Å². The number of pyridine rings is 1. The number of hydrogen-bond acceptors (Lipinski definition) is 5. The molecular formula is C25H24ClF3N4O2. The molecule has 1 amide bonds. The molecule has 0 spiro atoms. The van der Waals surface area contributed by atoms with Gasteiger partial charge in [0.1, 0.15) is 18.2 Å². The SMILES string of the molecule is C=CC(=O)N1CCN2Cc3cc(C#CC)c(-c4nc(N)cc(C)c4C(F)(F)F)c(Cl)c3OCC2C1. The molecule has 0 aliphatic carbocycles. The van der Waals surface area contributed by atoms with Crippen LogP contribution in [0.5, 0.6) is 5.75 Å². The first-order valence-electron chi connectivity index (χ1n) is 11.0. The average Bonchev–Trinajstić information content (AvgIpc) is 2.96. The number of piperazine rings is 1. The molecule has 4 rings (SSSR count). The molecule has 10 heteroatoms. The van der Waals surface area contributed by atoms with Gasteiger partial charge in [0, 0.05) is 42.9 Å². The third-order valence-corrected chi connectivity index (χ3v) is 6.56. The molecule has 1 aromatic heterocycles. The molecule has 2 aliphatic rings. The van der Waals surface area contributed by atoms with E-state index in [2.05, 4.69) is 28.3 Å². The number of ether oxygens (including phenoxy) is 1. The van der Waals surface area contributed by atoms with Gasteiger partial charge < -0.3 is 15.4 Å². The summed E-state index contributed by atoms with van der Waals surface area (Å²) >= 11 is 6.76. The van der Waals surface area contributed by atoms with Crippen LogP contribution >= 0.6 is 11.6 Å². The van der Waals surface area contributed by atoms with Crippen molar-refractivity contribution in [3.8, 4) is 28.8 Å². The Balaban J connectivity index is 1.86. The Hall–Kier alpha value is -3.22. The molecule has 2 aromatic rings. The molecule has 1 aromatic carbocycles. The van der Waals surface area contributed by atoms with Gasteiger partial charge in [-0.2, -0.15) is 13.2 Å². The number of amides is 1. The first-order chi connectivity index (χ1) is 16.5. The number of rotatable bonds is 2. The van der Waals surface area contributed by atoms with Gasteiger partial charge in [-0.05, 0) is 37.6 Å². The van der Waals surface area contributed by atoms with Gasteiger partial charge in [0.15, 0.2) is 0 Å². The molecule has 35 heavy (non-hydrogen) atoms. The molecule has 0 saturated carbocycles. The summed E-state index contributed by atoms with van der Waals surface area (Å²) < 4.78 is 48.3. The molecule has 0 bridgehead atoms. The number of benzene rings is 1. The normalized spacial score (nSPS) is 17.9. The van der Waals surface area contributed by atoms with Crippen molar-refractivity contribution in [3.63, 3.8) is 0 Å². The second-order valence-corrected chi connectivity index (χ2v) is 8.86. The molecule has 1 fully saturated rings. The number of fused-ring (bicyclic) bond motifs is 2. The number of hydrogen-bond donors (Lipinski definition) is 1. The van der Waals surface area contributed by atoms with Gasteiger partial charge in [-0.25, -0.2) is 4.98 Å². The summed E-state index contributed by atoms with van der Waals surface area (Å²) in [5.74, 6) is 5.71. The number of alkyl halides is 3. The quantitative estimate of drug-likeness (QED) is 0.488. The maximum absolute atomic E-state index is 14.1. The predicted octanol–water partition coefficient (Wildman–Crippen LogP) is 4.27. The highest BCUT2D eigenvalue weighted by atomic mass is 35.5. The lowest BCUT2D eigenvalue weighted by molar-refractivity contribution is -0.137. The summed E-state index contributed by atoms with van der Waals surface area (Å²) in [5.41, 5.74) is 5.52. The van der Waals surface area contributed by atoms with Crippen LogP contribution in [-0.2, 0) is 17.5 Å². The number of carbonyl (C=O) groups excluding carboxylic acids is 1. The van der Waals surface area contributed by atoms with Gasteiger partial charge in [0.25, 0.3) is 0 Å². The lowest BCUT2D eigenvalue weighted by Crippen LogP contribution is -2.55. The molecule has 1 saturated heterocycles. The monoisotopic (exact) mass is 504 g/mol. The summed E-state index contributed by atoms with van der Waals surface area (Å²) in [6.45, 7) is 8.71. The molecule has 2 aliphatic heterocycles. The number of nitrogen functional groups attached to an aromatic ring is 1. The van der Waals surface area contributed by atoms with E-state index in [9.17, 15) is 18.0 Å². The van der Waals surface area contributed by atoms with E-state index < -0.39 is 11.7 Å². The van der Waals surface area contributed by atoms with Crippen LogP contribution in [0.1, 0.15) is 29.2 Å². The van der Waals surface area contributed by atoms with Crippen molar-refractivity contribution in [2.45, 2.75) is 32.6 Å². The van der Waals surface area contributed by atoms with Crippen LogP contribution in [-0.4, -0.2) is 53.0 Å². The van der Waals surface area contributed by atoms with E-state index in [1.807, 2.05) is 0 Å². The minimum Gasteiger partial charge on any atom is -0.490 e. The molecule has 1 unspecified atom stereocenters. The largest absolute Gasteiger partial charge is 0.490 e. The Bertz CT molecular complexity index is 1270. The van der Waals surface area contributed by atoms with Crippen LogP contribution in [0.4, 0.5) is 19.0 Å². The van der Waals surface area contributed by atoms with Crippen molar-refractivity contribution in [2.75, 3.05) is 32.0 Å². The van der Waals surface area contributed by atoms with Crippen LogP contribution in [0.15, 0.2) is 24.8 Å². The fourth-order valence-electron chi connectivity index (χ4n) is 4.65. The van der Waals surface area contributed by atoms with Crippen molar-refractivity contribution >= 4 is 23.3 Å². The first-order valence-corrected chi connectivity index (χ1v) is 11.3. The Labute approximate surface area is 206 Å². The minimum atomic E-state index is -4.68. The number of halogens is 4. The zero-order valence-electron chi connectivity index (χ0n) is 19.3. The highest BCUT2D eigenvalue weighted by Gasteiger charge is 2.39. The lowest BCUT2D eigenvalue weighted by atomic mass is 9.94. The van der Waals surface area contributed by atoms with Crippen LogP contribution in [0, 0.1) is 18.8 Å². The average molecular weight is 505 g/mol. The Kier molecular flexibility index (Phi) is 6.71. The molecular weight excluding hydrogens is 481 g/mol. The van der Waals surface area contributed by atoms with Gasteiger partial charge in [-0.3, -0.25) is 9.69 Å². The zero-order valence-corrected chi connectivity index (χ0v) is 20.1. The standard InChI is InChI=1S/C25H24ClF3N4O2/c1-4-6-15-10-16-11-32-7-8-33(19(34)5-2)12-17(32)13-35-24(16)22(26)20(15)23-21(25(27,28)29)14(3)9-18(30)31-23/h5,9-10,17H,2,7-8,11-13H2,1,3H3,(H2,30,31). The summed E-state index contributed by atoms with van der Waals surface area (Å²) in [6, 6.07) is 2.77. The van der Waals surface area contributed by atoms with Gasteiger partial charge in [-0.15, -0.1) is 5.92 Å². The number of carbonyl (C=O) groups is 1. The van der Waals surface area contributed by atoms with E-state index in [1.165, 1.54) is 19.1 Å². The highest BCUT2D eigenvalue weighted by molar-refractivity contribution is 6.35. The Morgan fingerprint density at radius 1 is 1.37 bits per heavy atom. The molecule has 3 heterocycles. The first kappa shape index (κ1) is 24.9. The van der Waals surface area contributed by atoms with Crippen LogP contribution in [0.3, 0.4) is 0 Å². The lowest BCUT2D eigenvalue weighted by Gasteiger charge is -2.39. The van der Waals surface area contributed by atoms with Gasteiger partial charge in [0.2, 0.25) is 5.91 Å². The van der Waals surface area contributed by atoms with Crippen molar-refractivity contribution in [2.24, 2.45) is 0 Å². The second-order valence-electron chi connectivity index (χ2n) is 8.49. The Morgan fingerprint density at radius 2 is 2.11 bits per heavy atom. The minimum absolute atomic E-state index is 0.00196. The van der Waals surface area contributed by atoms with Crippen molar-refractivity contribution in [1.29, 1.82) is 0 Å². The Morgan fingerprint density at radius 3 is 2.77 bits per heavy atom. The number of nitrogens with two attached hydrogens (primary N) is 1. The molecule has 6 nitrogen and oxygen atoms in total. The van der Waals surface area contributed by atoms with Crippen molar-refractivity contribution in [3.05, 3.63) is 52.1 Å². The fourth-order valence-corrected chi connectivity index (χ4v) is 5.01. The van der Waals surface area contributed by atoms with Gasteiger partial charge in [0.05, 0.1) is 22.3 Å². The topological polar surface area (TPSA) is 71.7 Å². The van der Waals surface area contributed by atoms with Gasteiger partial charge >= 0.3 is 6.18 Å². The number of anilines is 1. The van der Waals surface area contributed by atoms with Crippen molar-refractivity contribution in [1.82, 2.24) is 14.8 Å². The summed E-state index contributed by atoms with van der Waals surface area (Å²) in [7, 11) is 0. The summed E-state index contributed by atoms with van der Waals surface area (Å²) in [5, 5.41) is 0.00196. The number of nitrogens with zero attached hydrogens (tertiary/aromatic N) is 3. The van der Waals surface area contributed by atoms with Gasteiger partial charge in [-0.1, -0.05) is 24.1 Å². The summed E-state index contributed by atoms with van der Waals surface area (Å²) in [6.07, 6.45) is -3.41.